The van der Waals surface area contributed by atoms with Crippen molar-refractivity contribution in [1.82, 2.24) is 15.0 Å². The molecular weight excluding hydrogens is 342 g/mol. The number of nitrogens with one attached hydrogen (secondary N) is 3. The summed E-state index contributed by atoms with van der Waals surface area (Å²) < 4.78 is 0. The van der Waals surface area contributed by atoms with E-state index in [9.17, 15) is 9.59 Å². The van der Waals surface area contributed by atoms with Gasteiger partial charge in [0.1, 0.15) is 5.82 Å². The Morgan fingerprint density at radius 2 is 2.08 bits per heavy atom. The Balaban J connectivity index is 1.89. The minimum absolute atomic E-state index is 0.201. The first-order chi connectivity index (χ1) is 11.9. The van der Waals surface area contributed by atoms with Crippen molar-refractivity contribution >= 4 is 40.2 Å². The van der Waals surface area contributed by atoms with E-state index in [1.54, 1.807) is 30.3 Å². The average molecular weight is 358 g/mol. The van der Waals surface area contributed by atoms with Crippen LogP contribution in [0.4, 0.5) is 11.8 Å². The first-order valence-electron chi connectivity index (χ1n) is 7.62. The molecule has 0 aliphatic carbocycles. The van der Waals surface area contributed by atoms with Gasteiger partial charge in [-0.25, -0.2) is 4.98 Å². The molecule has 25 heavy (non-hydrogen) atoms. The summed E-state index contributed by atoms with van der Waals surface area (Å²) in [6.45, 7) is 3.23. The summed E-state index contributed by atoms with van der Waals surface area (Å²) >= 11 is 6.02. The molecule has 0 aliphatic rings. The molecule has 0 radical (unpaired) electrons. The number of pyridine rings is 1. The summed E-state index contributed by atoms with van der Waals surface area (Å²) in [5.41, 5.74) is 1.05. The zero-order chi connectivity index (χ0) is 18.0. The van der Waals surface area contributed by atoms with E-state index in [1.165, 1.54) is 13.1 Å². The summed E-state index contributed by atoms with van der Waals surface area (Å²) in [5.74, 6) is 0.473. The van der Waals surface area contributed by atoms with E-state index in [0.29, 0.717) is 27.9 Å². The normalized spacial score (nSPS) is 12.0. The lowest BCUT2D eigenvalue weighted by molar-refractivity contribution is -0.114. The molecule has 0 aliphatic heterocycles. The number of aromatic nitrogens is 3. The van der Waals surface area contributed by atoms with Crippen LogP contribution in [0.15, 0.2) is 41.3 Å². The third-order valence-electron chi connectivity index (χ3n) is 3.61. The summed E-state index contributed by atoms with van der Waals surface area (Å²) in [4.78, 5) is 34.6. The molecule has 7 nitrogen and oxygen atoms in total. The highest BCUT2D eigenvalue weighted by Crippen LogP contribution is 2.21. The number of carbonyl (C=O) groups is 1. The topological polar surface area (TPSA) is 99.8 Å². The van der Waals surface area contributed by atoms with Crippen LogP contribution in [0.2, 0.25) is 5.02 Å². The monoisotopic (exact) mass is 357 g/mol. The molecule has 8 heteroatoms. The van der Waals surface area contributed by atoms with Crippen molar-refractivity contribution in [2.75, 3.05) is 10.6 Å². The fourth-order valence-electron chi connectivity index (χ4n) is 2.47. The molecule has 0 saturated carbocycles. The molecule has 0 bridgehead atoms. The van der Waals surface area contributed by atoms with Gasteiger partial charge in [-0.3, -0.25) is 9.59 Å². The molecule has 0 fully saturated rings. The Bertz CT molecular complexity index is 1000. The molecular formula is C17H16ClN5O2. The van der Waals surface area contributed by atoms with Crippen LogP contribution in [0.3, 0.4) is 0 Å². The molecule has 1 aromatic carbocycles. The second-order valence-corrected chi connectivity index (χ2v) is 6.03. The fraction of sp³-hybridized carbons (Fsp3) is 0.176. The number of hydrogen-bond acceptors (Lipinski definition) is 5. The minimum Gasteiger partial charge on any atom is -0.347 e. The van der Waals surface area contributed by atoms with Gasteiger partial charge < -0.3 is 15.6 Å². The van der Waals surface area contributed by atoms with Crippen molar-refractivity contribution in [3.05, 3.63) is 57.5 Å². The van der Waals surface area contributed by atoms with Crippen LogP contribution >= 0.6 is 11.6 Å². The standard InChI is InChI=1S/C17H16ClN5O2/c1-9(20-17-19-6-5-15(23-17)21-10(2)24)13-8-11-7-12(18)3-4-14(11)22-16(13)25/h3-9H,1-2H3,(H,22,25)(H2,19,20,21,23,24)/t9-/m0/s1. The molecule has 1 amide bonds. The summed E-state index contributed by atoms with van der Waals surface area (Å²) in [5, 5.41) is 7.08. The van der Waals surface area contributed by atoms with Crippen LogP contribution in [-0.2, 0) is 4.79 Å². The van der Waals surface area contributed by atoms with Crippen LogP contribution in [-0.4, -0.2) is 20.9 Å². The smallest absolute Gasteiger partial charge is 0.253 e. The zero-order valence-electron chi connectivity index (χ0n) is 13.6. The summed E-state index contributed by atoms with van der Waals surface area (Å²) in [6.07, 6.45) is 1.53. The van der Waals surface area contributed by atoms with Crippen molar-refractivity contribution in [1.29, 1.82) is 0 Å². The van der Waals surface area contributed by atoms with Crippen LogP contribution in [0.1, 0.15) is 25.5 Å². The minimum atomic E-state index is -0.347. The van der Waals surface area contributed by atoms with Crippen molar-refractivity contribution in [2.45, 2.75) is 19.9 Å². The van der Waals surface area contributed by atoms with Gasteiger partial charge in [0.15, 0.2) is 0 Å². The number of anilines is 2. The third-order valence-corrected chi connectivity index (χ3v) is 3.84. The number of H-pyrrole nitrogens is 1. The Morgan fingerprint density at radius 3 is 2.84 bits per heavy atom. The second kappa shape index (κ2) is 6.90. The second-order valence-electron chi connectivity index (χ2n) is 5.60. The van der Waals surface area contributed by atoms with E-state index >= 15 is 0 Å². The van der Waals surface area contributed by atoms with Gasteiger partial charge in [-0.05, 0) is 37.3 Å². The summed E-state index contributed by atoms with van der Waals surface area (Å²) in [7, 11) is 0. The van der Waals surface area contributed by atoms with Crippen molar-refractivity contribution in [3.63, 3.8) is 0 Å². The van der Waals surface area contributed by atoms with Crippen molar-refractivity contribution in [3.8, 4) is 0 Å². The lowest BCUT2D eigenvalue weighted by Crippen LogP contribution is -2.20. The van der Waals surface area contributed by atoms with Crippen molar-refractivity contribution in [2.24, 2.45) is 0 Å². The number of aromatic amines is 1. The lowest BCUT2D eigenvalue weighted by Gasteiger charge is -2.14. The number of amides is 1. The Hall–Kier alpha value is -2.93. The Labute approximate surface area is 148 Å². The van der Waals surface area contributed by atoms with Crippen LogP contribution < -0.4 is 16.2 Å². The fourth-order valence-corrected chi connectivity index (χ4v) is 2.65. The van der Waals surface area contributed by atoms with Gasteiger partial charge >= 0.3 is 0 Å². The Morgan fingerprint density at radius 1 is 1.28 bits per heavy atom. The quantitative estimate of drug-likeness (QED) is 0.666. The van der Waals surface area contributed by atoms with E-state index in [-0.39, 0.29) is 17.5 Å². The SMILES string of the molecule is CC(=O)Nc1ccnc(N[C@@H](C)c2cc3cc(Cl)ccc3[nH]c2=O)n1. The maximum atomic E-state index is 12.3. The highest BCUT2D eigenvalue weighted by molar-refractivity contribution is 6.31. The molecule has 3 aromatic rings. The van der Waals surface area contributed by atoms with Crippen LogP contribution in [0.5, 0.6) is 0 Å². The molecule has 0 spiro atoms. The summed E-state index contributed by atoms with van der Waals surface area (Å²) in [6, 6.07) is 8.30. The lowest BCUT2D eigenvalue weighted by atomic mass is 10.1. The van der Waals surface area contributed by atoms with E-state index in [2.05, 4.69) is 25.6 Å². The number of rotatable bonds is 4. The molecule has 2 heterocycles. The predicted octanol–water partition coefficient (Wildman–Crippen LogP) is 3.10. The molecule has 2 aromatic heterocycles. The van der Waals surface area contributed by atoms with Gasteiger partial charge in [0.05, 0.1) is 6.04 Å². The molecule has 0 saturated heterocycles. The van der Waals surface area contributed by atoms with Gasteiger partial charge in [-0.15, -0.1) is 0 Å². The highest BCUT2D eigenvalue weighted by atomic mass is 35.5. The van der Waals surface area contributed by atoms with Crippen LogP contribution in [0.25, 0.3) is 10.9 Å². The number of nitrogens with zero attached hydrogens (tertiary/aromatic N) is 2. The van der Waals surface area contributed by atoms with E-state index in [0.717, 1.165) is 5.39 Å². The Kier molecular flexibility index (Phi) is 4.67. The first-order valence-corrected chi connectivity index (χ1v) is 8.00. The molecule has 0 unspecified atom stereocenters. The maximum absolute atomic E-state index is 12.3. The van der Waals surface area contributed by atoms with Gasteiger partial charge in [0, 0.05) is 34.6 Å². The number of fused-ring (bicyclic) bond motifs is 1. The largest absolute Gasteiger partial charge is 0.347 e. The molecule has 1 atom stereocenters. The molecule has 3 N–H and O–H groups in total. The first kappa shape index (κ1) is 16.9. The van der Waals surface area contributed by atoms with Crippen molar-refractivity contribution < 1.29 is 4.79 Å². The zero-order valence-corrected chi connectivity index (χ0v) is 14.4. The van der Waals surface area contributed by atoms with Gasteiger partial charge in [-0.1, -0.05) is 11.6 Å². The number of halogens is 1. The number of hydrogen-bond donors (Lipinski definition) is 3. The number of carbonyl (C=O) groups excluding carboxylic acids is 1. The van der Waals surface area contributed by atoms with Gasteiger partial charge in [-0.2, -0.15) is 4.98 Å². The average Bonchev–Trinajstić information content (AvgIpc) is 2.54. The highest BCUT2D eigenvalue weighted by Gasteiger charge is 2.13. The van der Waals surface area contributed by atoms with Gasteiger partial charge in [0.25, 0.3) is 5.56 Å². The van der Waals surface area contributed by atoms with Crippen LogP contribution in [0, 0.1) is 0 Å². The maximum Gasteiger partial charge on any atom is 0.253 e. The number of benzene rings is 1. The predicted molar refractivity (Wildman–Crippen MR) is 98.0 cm³/mol. The van der Waals surface area contributed by atoms with E-state index in [1.807, 2.05) is 6.92 Å². The molecule has 128 valence electrons. The van der Waals surface area contributed by atoms with E-state index < -0.39 is 0 Å². The third kappa shape index (κ3) is 3.95. The molecule has 3 rings (SSSR count). The van der Waals surface area contributed by atoms with E-state index in [4.69, 9.17) is 11.6 Å². The van der Waals surface area contributed by atoms with Gasteiger partial charge in [0.2, 0.25) is 11.9 Å².